The Hall–Kier alpha value is -1.90. The van der Waals surface area contributed by atoms with Gasteiger partial charge < -0.3 is 9.47 Å². The molecule has 0 aliphatic carbocycles. The number of methoxy groups -OCH3 is 1. The van der Waals surface area contributed by atoms with Crippen LogP contribution in [0.2, 0.25) is 5.15 Å². The Kier molecular flexibility index (Phi) is 6.42. The summed E-state index contributed by atoms with van der Waals surface area (Å²) in [4.78, 5) is 8.35. The second-order valence-electron chi connectivity index (χ2n) is 6.83. The van der Waals surface area contributed by atoms with Crippen molar-refractivity contribution in [2.45, 2.75) is 44.0 Å². The van der Waals surface area contributed by atoms with E-state index in [0.29, 0.717) is 34.7 Å². The van der Waals surface area contributed by atoms with Gasteiger partial charge in [0.05, 0.1) is 18.0 Å². The van der Waals surface area contributed by atoms with Crippen LogP contribution in [0.1, 0.15) is 30.4 Å². The third-order valence-corrected chi connectivity index (χ3v) is 7.28. The van der Waals surface area contributed by atoms with Crippen LogP contribution in [-0.4, -0.2) is 49.0 Å². The lowest BCUT2D eigenvalue weighted by atomic mass is 10.1. The highest BCUT2D eigenvalue weighted by atomic mass is 35.5. The van der Waals surface area contributed by atoms with Crippen LogP contribution < -0.4 is 9.47 Å². The van der Waals surface area contributed by atoms with Gasteiger partial charge in [0.15, 0.2) is 0 Å². The highest BCUT2D eigenvalue weighted by Crippen LogP contribution is 2.32. The van der Waals surface area contributed by atoms with Crippen molar-refractivity contribution >= 4 is 21.6 Å². The molecule has 0 bridgehead atoms. The summed E-state index contributed by atoms with van der Waals surface area (Å²) in [5.41, 5.74) is 1.33. The molecule has 1 aliphatic rings. The largest absolute Gasteiger partial charge is 0.497 e. The molecule has 1 unspecified atom stereocenters. The molecule has 3 rings (SSSR count). The minimum atomic E-state index is -3.68. The van der Waals surface area contributed by atoms with Crippen LogP contribution in [0.15, 0.2) is 29.3 Å². The summed E-state index contributed by atoms with van der Waals surface area (Å²) >= 11 is 5.86. The zero-order valence-corrected chi connectivity index (χ0v) is 17.8. The molecule has 1 aromatic heterocycles. The molecule has 0 saturated carbocycles. The second-order valence-corrected chi connectivity index (χ2v) is 9.04. The van der Waals surface area contributed by atoms with E-state index in [0.717, 1.165) is 12.8 Å². The zero-order chi connectivity index (χ0) is 20.3. The maximum Gasteiger partial charge on any atom is 0.317 e. The summed E-state index contributed by atoms with van der Waals surface area (Å²) in [6.45, 7) is 4.21. The molecule has 152 valence electrons. The van der Waals surface area contributed by atoms with E-state index in [4.69, 9.17) is 21.1 Å². The molecular weight excluding hydrogens is 402 g/mol. The van der Waals surface area contributed by atoms with Gasteiger partial charge in [0.2, 0.25) is 10.0 Å². The number of aromatic nitrogens is 2. The molecule has 0 amide bonds. The number of sulfonamides is 1. The topological polar surface area (TPSA) is 81.6 Å². The van der Waals surface area contributed by atoms with Crippen LogP contribution in [0.25, 0.3) is 0 Å². The van der Waals surface area contributed by atoms with Gasteiger partial charge in [-0.1, -0.05) is 18.0 Å². The number of benzene rings is 1. The Morgan fingerprint density at radius 3 is 2.61 bits per heavy atom. The number of rotatable bonds is 6. The molecular formula is C19H24ClN3O4S. The van der Waals surface area contributed by atoms with Gasteiger partial charge >= 0.3 is 6.01 Å². The third-order valence-electron chi connectivity index (χ3n) is 4.81. The first-order valence-corrected chi connectivity index (χ1v) is 10.9. The average molecular weight is 426 g/mol. The molecule has 0 spiro atoms. The highest BCUT2D eigenvalue weighted by molar-refractivity contribution is 7.89. The Labute approximate surface area is 170 Å². The lowest BCUT2D eigenvalue weighted by Gasteiger charge is -2.35. The number of halogens is 1. The van der Waals surface area contributed by atoms with Crippen LogP contribution in [0, 0.1) is 13.8 Å². The van der Waals surface area contributed by atoms with E-state index in [1.54, 1.807) is 43.5 Å². The van der Waals surface area contributed by atoms with Gasteiger partial charge in [0.25, 0.3) is 0 Å². The molecule has 1 atom stereocenters. The standard InChI is InChI=1S/C19H24ClN3O4S/c1-13-10-16(26-3)11-14(2)18(13)28(24,25)23-9-5-4-6-15(23)12-27-19-21-8-7-17(20)22-19/h7-8,10-11,15H,4-6,9,12H2,1-3H3. The number of hydrogen-bond acceptors (Lipinski definition) is 6. The Bertz CT molecular complexity index is 929. The monoisotopic (exact) mass is 425 g/mol. The quantitative estimate of drug-likeness (QED) is 0.660. The fraction of sp³-hybridized carbons (Fsp3) is 0.474. The molecule has 9 heteroatoms. The summed E-state index contributed by atoms with van der Waals surface area (Å²) in [7, 11) is -2.11. The molecule has 7 nitrogen and oxygen atoms in total. The number of hydrogen-bond donors (Lipinski definition) is 0. The smallest absolute Gasteiger partial charge is 0.317 e. The average Bonchev–Trinajstić information content (AvgIpc) is 2.65. The minimum Gasteiger partial charge on any atom is -0.497 e. The fourth-order valence-electron chi connectivity index (χ4n) is 3.57. The molecule has 0 N–H and O–H groups in total. The maximum atomic E-state index is 13.5. The second kappa shape index (κ2) is 8.63. The van der Waals surface area contributed by atoms with E-state index in [1.807, 2.05) is 0 Å². The predicted molar refractivity (Wildman–Crippen MR) is 107 cm³/mol. The van der Waals surface area contributed by atoms with Crippen LogP contribution in [-0.2, 0) is 10.0 Å². The van der Waals surface area contributed by atoms with Gasteiger partial charge in [-0.15, -0.1) is 0 Å². The van der Waals surface area contributed by atoms with E-state index in [9.17, 15) is 8.42 Å². The third kappa shape index (κ3) is 4.39. The number of nitrogens with zero attached hydrogens (tertiary/aromatic N) is 3. The zero-order valence-electron chi connectivity index (χ0n) is 16.2. The Morgan fingerprint density at radius 2 is 1.96 bits per heavy atom. The number of ether oxygens (including phenoxy) is 2. The molecule has 2 aromatic rings. The van der Waals surface area contributed by atoms with E-state index in [-0.39, 0.29) is 23.8 Å². The molecule has 2 heterocycles. The van der Waals surface area contributed by atoms with Crippen LogP contribution in [0.3, 0.4) is 0 Å². The summed E-state index contributed by atoms with van der Waals surface area (Å²) in [6.07, 6.45) is 3.98. The van der Waals surface area contributed by atoms with Crippen molar-refractivity contribution in [2.75, 3.05) is 20.3 Å². The van der Waals surface area contributed by atoms with Crippen molar-refractivity contribution in [3.8, 4) is 11.8 Å². The van der Waals surface area contributed by atoms with Crippen LogP contribution in [0.5, 0.6) is 11.8 Å². The number of piperidine rings is 1. The summed E-state index contributed by atoms with van der Waals surface area (Å²) in [6, 6.07) is 4.90. The summed E-state index contributed by atoms with van der Waals surface area (Å²) < 4.78 is 39.4. The first kappa shape index (κ1) is 20.8. The fourth-order valence-corrected chi connectivity index (χ4v) is 5.79. The van der Waals surface area contributed by atoms with Gasteiger partial charge in [-0.05, 0) is 56.0 Å². The predicted octanol–water partition coefficient (Wildman–Crippen LogP) is 3.38. The molecule has 28 heavy (non-hydrogen) atoms. The van der Waals surface area contributed by atoms with Crippen molar-refractivity contribution in [2.24, 2.45) is 0 Å². The van der Waals surface area contributed by atoms with E-state index < -0.39 is 10.0 Å². The highest BCUT2D eigenvalue weighted by Gasteiger charge is 2.36. The van der Waals surface area contributed by atoms with Crippen molar-refractivity contribution in [1.29, 1.82) is 0 Å². The van der Waals surface area contributed by atoms with Crippen LogP contribution in [0.4, 0.5) is 0 Å². The molecule has 1 saturated heterocycles. The first-order valence-electron chi connectivity index (χ1n) is 9.11. The van der Waals surface area contributed by atoms with Gasteiger partial charge in [-0.2, -0.15) is 9.29 Å². The molecule has 1 aromatic carbocycles. The summed E-state index contributed by atoms with van der Waals surface area (Å²) in [5.74, 6) is 0.644. The molecule has 1 aliphatic heterocycles. The minimum absolute atomic E-state index is 0.146. The van der Waals surface area contributed by atoms with Crippen molar-refractivity contribution in [1.82, 2.24) is 14.3 Å². The SMILES string of the molecule is COc1cc(C)c(S(=O)(=O)N2CCCCC2COc2nccc(Cl)n2)c(C)c1. The van der Waals surface area contributed by atoms with Crippen molar-refractivity contribution in [3.63, 3.8) is 0 Å². The Balaban J connectivity index is 1.86. The lowest BCUT2D eigenvalue weighted by Crippen LogP contribution is -2.47. The molecule has 1 fully saturated rings. The first-order chi connectivity index (χ1) is 13.3. The number of aryl methyl sites for hydroxylation is 2. The normalized spacial score (nSPS) is 18.1. The van der Waals surface area contributed by atoms with Gasteiger partial charge in [0.1, 0.15) is 17.5 Å². The maximum absolute atomic E-state index is 13.5. The van der Waals surface area contributed by atoms with Gasteiger partial charge in [-0.25, -0.2) is 13.4 Å². The Morgan fingerprint density at radius 1 is 1.25 bits per heavy atom. The van der Waals surface area contributed by atoms with Crippen molar-refractivity contribution in [3.05, 3.63) is 40.7 Å². The van der Waals surface area contributed by atoms with E-state index >= 15 is 0 Å². The van der Waals surface area contributed by atoms with Crippen LogP contribution >= 0.6 is 11.6 Å². The van der Waals surface area contributed by atoms with Crippen molar-refractivity contribution < 1.29 is 17.9 Å². The van der Waals surface area contributed by atoms with E-state index in [1.165, 1.54) is 6.20 Å². The lowest BCUT2D eigenvalue weighted by molar-refractivity contribution is 0.161. The van der Waals surface area contributed by atoms with E-state index in [2.05, 4.69) is 9.97 Å². The molecule has 0 radical (unpaired) electrons. The van der Waals surface area contributed by atoms with Gasteiger partial charge in [0, 0.05) is 12.7 Å². The van der Waals surface area contributed by atoms with Gasteiger partial charge in [-0.3, -0.25) is 0 Å². The summed E-state index contributed by atoms with van der Waals surface area (Å²) in [5, 5.41) is 0.280.